The van der Waals surface area contributed by atoms with Crippen LogP contribution in [-0.4, -0.2) is 48.9 Å². The number of ether oxygens (including phenoxy) is 3. The smallest absolute Gasteiger partial charge is 0.322 e. The molecule has 1 atom stereocenters. The van der Waals surface area contributed by atoms with Gasteiger partial charge in [0.25, 0.3) is 0 Å². The molecule has 4 rings (SSSR count). The lowest BCUT2D eigenvalue weighted by Gasteiger charge is -2.23. The number of carbonyl (C=O) groups is 1. The van der Waals surface area contributed by atoms with Crippen molar-refractivity contribution in [1.82, 2.24) is 15.0 Å². The van der Waals surface area contributed by atoms with Crippen LogP contribution in [0.2, 0.25) is 0 Å². The SMILES string of the molecule is COc1ccc(OC)c(NC(=O)N2CCC[C@@H]2c2nc(-c3ccccc3OC)no2)c1. The van der Waals surface area contributed by atoms with Gasteiger partial charge in [0.05, 0.1) is 32.6 Å². The van der Waals surface area contributed by atoms with Crippen LogP contribution < -0.4 is 19.5 Å². The zero-order chi connectivity index (χ0) is 21.8. The molecule has 1 saturated heterocycles. The van der Waals surface area contributed by atoms with Crippen LogP contribution in [0.5, 0.6) is 17.2 Å². The second-order valence-electron chi connectivity index (χ2n) is 7.00. The molecule has 0 spiro atoms. The highest BCUT2D eigenvalue weighted by atomic mass is 16.5. The van der Waals surface area contributed by atoms with Crippen molar-refractivity contribution in [1.29, 1.82) is 0 Å². The van der Waals surface area contributed by atoms with Crippen LogP contribution in [0, 0.1) is 0 Å². The fourth-order valence-electron chi connectivity index (χ4n) is 3.67. The number of methoxy groups -OCH3 is 3. The fraction of sp³-hybridized carbons (Fsp3) is 0.318. The van der Waals surface area contributed by atoms with Gasteiger partial charge in [0.2, 0.25) is 11.7 Å². The lowest BCUT2D eigenvalue weighted by molar-refractivity contribution is 0.193. The third-order valence-electron chi connectivity index (χ3n) is 5.24. The van der Waals surface area contributed by atoms with Crippen molar-refractivity contribution in [2.24, 2.45) is 0 Å². The van der Waals surface area contributed by atoms with E-state index in [2.05, 4.69) is 15.5 Å². The van der Waals surface area contributed by atoms with Crippen LogP contribution >= 0.6 is 0 Å². The lowest BCUT2D eigenvalue weighted by atomic mass is 10.2. The van der Waals surface area contributed by atoms with Gasteiger partial charge in [0.1, 0.15) is 23.3 Å². The second-order valence-corrected chi connectivity index (χ2v) is 7.00. The normalized spacial score (nSPS) is 15.6. The van der Waals surface area contributed by atoms with E-state index in [1.165, 1.54) is 0 Å². The second kappa shape index (κ2) is 8.95. The zero-order valence-electron chi connectivity index (χ0n) is 17.6. The van der Waals surface area contributed by atoms with Crippen molar-refractivity contribution in [3.63, 3.8) is 0 Å². The number of carbonyl (C=O) groups excluding carboxylic acids is 1. The maximum atomic E-state index is 13.1. The molecule has 9 nitrogen and oxygen atoms in total. The summed E-state index contributed by atoms with van der Waals surface area (Å²) in [7, 11) is 4.71. The van der Waals surface area contributed by atoms with Gasteiger partial charge in [-0.1, -0.05) is 17.3 Å². The van der Waals surface area contributed by atoms with E-state index in [4.69, 9.17) is 18.7 Å². The molecule has 31 heavy (non-hydrogen) atoms. The van der Waals surface area contributed by atoms with Crippen LogP contribution in [0.15, 0.2) is 47.0 Å². The number of aromatic nitrogens is 2. The first-order chi connectivity index (χ1) is 15.1. The van der Waals surface area contributed by atoms with Crippen LogP contribution in [0.4, 0.5) is 10.5 Å². The molecule has 162 valence electrons. The summed E-state index contributed by atoms with van der Waals surface area (Å²) in [6.07, 6.45) is 1.57. The molecular formula is C22H24N4O5. The molecule has 2 aromatic carbocycles. The Morgan fingerprint density at radius 2 is 1.90 bits per heavy atom. The van der Waals surface area contributed by atoms with E-state index < -0.39 is 0 Å². The number of urea groups is 1. The highest BCUT2D eigenvalue weighted by Crippen LogP contribution is 2.35. The van der Waals surface area contributed by atoms with Crippen LogP contribution in [0.3, 0.4) is 0 Å². The number of amides is 2. The highest BCUT2D eigenvalue weighted by Gasteiger charge is 2.34. The minimum absolute atomic E-state index is 0.272. The number of hydrogen-bond donors (Lipinski definition) is 1. The molecule has 1 aliphatic heterocycles. The van der Waals surface area contributed by atoms with Crippen LogP contribution in [-0.2, 0) is 0 Å². The number of nitrogens with zero attached hydrogens (tertiary/aromatic N) is 3. The molecule has 0 bridgehead atoms. The Morgan fingerprint density at radius 1 is 1.10 bits per heavy atom. The van der Waals surface area contributed by atoms with E-state index in [0.29, 0.717) is 41.2 Å². The van der Waals surface area contributed by atoms with Gasteiger partial charge >= 0.3 is 6.03 Å². The molecule has 9 heteroatoms. The Hall–Kier alpha value is -3.75. The third kappa shape index (κ3) is 4.11. The molecule has 1 aromatic heterocycles. The number of hydrogen-bond acceptors (Lipinski definition) is 7. The molecule has 3 aromatic rings. The lowest BCUT2D eigenvalue weighted by Crippen LogP contribution is -2.34. The van der Waals surface area contributed by atoms with Crippen molar-refractivity contribution >= 4 is 11.7 Å². The number of nitrogens with one attached hydrogen (secondary N) is 1. The largest absolute Gasteiger partial charge is 0.497 e. The van der Waals surface area contributed by atoms with Crippen molar-refractivity contribution in [2.45, 2.75) is 18.9 Å². The minimum atomic E-state index is -0.312. The summed E-state index contributed by atoms with van der Waals surface area (Å²) >= 11 is 0. The van der Waals surface area contributed by atoms with E-state index in [9.17, 15) is 4.79 Å². The molecule has 0 radical (unpaired) electrons. The van der Waals surface area contributed by atoms with Gasteiger partial charge in [0, 0.05) is 12.6 Å². The predicted octanol–water partition coefficient (Wildman–Crippen LogP) is 4.13. The summed E-state index contributed by atoms with van der Waals surface area (Å²) in [6, 6.07) is 12.1. The summed E-state index contributed by atoms with van der Waals surface area (Å²) in [4.78, 5) is 19.3. The highest BCUT2D eigenvalue weighted by molar-refractivity contribution is 5.91. The monoisotopic (exact) mass is 424 g/mol. The van der Waals surface area contributed by atoms with E-state index >= 15 is 0 Å². The third-order valence-corrected chi connectivity index (χ3v) is 5.24. The Kier molecular flexibility index (Phi) is 5.92. The van der Waals surface area contributed by atoms with Crippen molar-refractivity contribution in [2.75, 3.05) is 33.2 Å². The van der Waals surface area contributed by atoms with E-state index in [-0.39, 0.29) is 12.1 Å². The van der Waals surface area contributed by atoms with Gasteiger partial charge in [0.15, 0.2) is 0 Å². The van der Waals surface area contributed by atoms with E-state index in [1.54, 1.807) is 44.4 Å². The van der Waals surface area contributed by atoms with Gasteiger partial charge in [-0.15, -0.1) is 0 Å². The first kappa shape index (κ1) is 20.5. The summed E-state index contributed by atoms with van der Waals surface area (Å²) < 4.78 is 21.5. The molecule has 1 N–H and O–H groups in total. The maximum absolute atomic E-state index is 13.1. The zero-order valence-corrected chi connectivity index (χ0v) is 17.6. The quantitative estimate of drug-likeness (QED) is 0.635. The van der Waals surface area contributed by atoms with E-state index in [0.717, 1.165) is 18.4 Å². The van der Waals surface area contributed by atoms with Crippen LogP contribution in [0.25, 0.3) is 11.4 Å². The van der Waals surface area contributed by atoms with Crippen molar-refractivity contribution < 1.29 is 23.5 Å². The fourth-order valence-corrected chi connectivity index (χ4v) is 3.67. The Bertz CT molecular complexity index is 1070. The standard InChI is InChI=1S/C22H24N4O5/c1-28-14-10-11-19(30-3)16(13-14)23-22(27)26-12-6-8-17(26)21-24-20(25-31-21)15-7-4-5-9-18(15)29-2/h4-5,7,9-11,13,17H,6,8,12H2,1-3H3,(H,23,27)/t17-/m1/s1. The number of para-hydroxylation sites is 1. The number of benzene rings is 2. The Balaban J connectivity index is 1.55. The topological polar surface area (TPSA) is 99.0 Å². The van der Waals surface area contributed by atoms with Crippen LogP contribution in [0.1, 0.15) is 24.8 Å². The van der Waals surface area contributed by atoms with Gasteiger partial charge in [-0.2, -0.15) is 4.98 Å². The minimum Gasteiger partial charge on any atom is -0.497 e. The molecule has 2 heterocycles. The number of likely N-dealkylation sites (tertiary alicyclic amines) is 1. The van der Waals surface area contributed by atoms with Gasteiger partial charge < -0.3 is 29.0 Å². The first-order valence-electron chi connectivity index (χ1n) is 9.91. The summed E-state index contributed by atoms with van der Waals surface area (Å²) in [5.41, 5.74) is 1.26. The first-order valence-corrected chi connectivity index (χ1v) is 9.91. The molecule has 0 unspecified atom stereocenters. The van der Waals surface area contributed by atoms with E-state index in [1.807, 2.05) is 24.3 Å². The molecule has 0 saturated carbocycles. The van der Waals surface area contributed by atoms with Gasteiger partial charge in [-0.3, -0.25) is 0 Å². The maximum Gasteiger partial charge on any atom is 0.322 e. The molecule has 1 fully saturated rings. The molecular weight excluding hydrogens is 400 g/mol. The summed E-state index contributed by atoms with van der Waals surface area (Å²) in [5, 5.41) is 7.01. The number of anilines is 1. The molecule has 0 aliphatic carbocycles. The average Bonchev–Trinajstić information content (AvgIpc) is 3.48. The van der Waals surface area contributed by atoms with Crippen molar-refractivity contribution in [3.05, 3.63) is 48.4 Å². The average molecular weight is 424 g/mol. The predicted molar refractivity (Wildman–Crippen MR) is 114 cm³/mol. The summed E-state index contributed by atoms with van der Waals surface area (Å²) in [6.45, 7) is 0.579. The molecule has 2 amide bonds. The van der Waals surface area contributed by atoms with Gasteiger partial charge in [-0.05, 0) is 37.1 Å². The number of rotatable bonds is 6. The Morgan fingerprint density at radius 3 is 2.68 bits per heavy atom. The molecule has 1 aliphatic rings. The summed E-state index contributed by atoms with van der Waals surface area (Å²) in [5.74, 6) is 2.63. The Labute approximate surface area is 179 Å². The van der Waals surface area contributed by atoms with Crippen molar-refractivity contribution in [3.8, 4) is 28.6 Å². The van der Waals surface area contributed by atoms with Gasteiger partial charge in [-0.25, -0.2) is 4.79 Å².